The average molecular weight is 433 g/mol. The Balaban J connectivity index is 1.22. The minimum absolute atomic E-state index is 0.210. The van der Waals surface area contributed by atoms with Crippen molar-refractivity contribution in [2.45, 2.75) is 25.5 Å². The van der Waals surface area contributed by atoms with Gasteiger partial charge in [0, 0.05) is 32.0 Å². The molecule has 9 nitrogen and oxygen atoms in total. The van der Waals surface area contributed by atoms with Gasteiger partial charge in [0.2, 0.25) is 0 Å². The summed E-state index contributed by atoms with van der Waals surface area (Å²) in [4.78, 5) is 17.6. The molecule has 32 heavy (non-hydrogen) atoms. The Kier molecular flexibility index (Phi) is 5.47. The van der Waals surface area contributed by atoms with E-state index in [0.29, 0.717) is 19.4 Å². The Morgan fingerprint density at radius 1 is 1.06 bits per heavy atom. The van der Waals surface area contributed by atoms with Gasteiger partial charge in [-0.25, -0.2) is 9.78 Å². The zero-order chi connectivity index (χ0) is 21.9. The van der Waals surface area contributed by atoms with Crippen molar-refractivity contribution < 1.29 is 19.4 Å². The van der Waals surface area contributed by atoms with Gasteiger partial charge in [-0.2, -0.15) is 5.10 Å². The van der Waals surface area contributed by atoms with Crippen molar-refractivity contribution in [1.82, 2.24) is 24.5 Å². The summed E-state index contributed by atoms with van der Waals surface area (Å²) in [6.07, 6.45) is 5.65. The molecule has 0 bridgehead atoms. The van der Waals surface area contributed by atoms with Gasteiger partial charge in [0.25, 0.3) is 0 Å². The number of likely N-dealkylation sites (tertiary alicyclic amines) is 1. The molecule has 0 unspecified atom stereocenters. The number of fused-ring (bicyclic) bond motifs is 1. The van der Waals surface area contributed by atoms with Gasteiger partial charge in [0.1, 0.15) is 23.3 Å². The number of H-pyrrole nitrogens is 1. The highest BCUT2D eigenvalue weighted by molar-refractivity contribution is 5.59. The second-order valence-corrected chi connectivity index (χ2v) is 7.82. The molecular formula is C23H23N5O4. The van der Waals surface area contributed by atoms with E-state index in [0.717, 1.165) is 47.2 Å². The average Bonchev–Trinajstić information content (AvgIpc) is 3.45. The lowest BCUT2D eigenvalue weighted by Gasteiger charge is -2.30. The Hall–Kier alpha value is -3.85. The van der Waals surface area contributed by atoms with E-state index < -0.39 is 6.16 Å². The maximum absolute atomic E-state index is 10.7. The second-order valence-electron chi connectivity index (χ2n) is 7.82. The van der Waals surface area contributed by atoms with Gasteiger partial charge in [-0.3, -0.25) is 10.00 Å². The van der Waals surface area contributed by atoms with Crippen molar-refractivity contribution in [3.05, 3.63) is 66.7 Å². The monoisotopic (exact) mass is 433 g/mol. The minimum Gasteiger partial charge on any atom is -0.456 e. The van der Waals surface area contributed by atoms with E-state index >= 15 is 0 Å². The lowest BCUT2D eigenvalue weighted by atomic mass is 10.1. The van der Waals surface area contributed by atoms with Gasteiger partial charge in [-0.1, -0.05) is 0 Å². The van der Waals surface area contributed by atoms with Crippen LogP contribution in [0.4, 0.5) is 4.79 Å². The van der Waals surface area contributed by atoms with Gasteiger partial charge in [0.05, 0.1) is 17.6 Å². The van der Waals surface area contributed by atoms with Crippen molar-refractivity contribution in [1.29, 1.82) is 0 Å². The first-order chi connectivity index (χ1) is 15.6. The van der Waals surface area contributed by atoms with Crippen LogP contribution in [0.3, 0.4) is 0 Å². The topological polar surface area (TPSA) is 105 Å². The number of benzene rings is 1. The van der Waals surface area contributed by atoms with Crippen molar-refractivity contribution in [2.75, 3.05) is 13.1 Å². The molecule has 1 aliphatic rings. The number of hydrogen-bond acceptors (Lipinski definition) is 6. The molecular weight excluding hydrogens is 410 g/mol. The summed E-state index contributed by atoms with van der Waals surface area (Å²) in [6.45, 7) is 2.29. The normalized spacial score (nSPS) is 15.1. The van der Waals surface area contributed by atoms with Gasteiger partial charge in [0.15, 0.2) is 0 Å². The molecule has 0 amide bonds. The summed E-state index contributed by atoms with van der Waals surface area (Å²) >= 11 is 0. The standard InChI is InChI=1S/C23H23N5O4/c29-23(30)32-19-8-11-27(12-9-19)13-17-14-28-15-20(5-6-22(28)25-17)31-18-3-1-16(2-4-18)21-7-10-24-26-21/h1-7,10,14-15,19H,8-9,11-13H2,(H,24,26)(H,29,30). The number of imidazole rings is 1. The Bertz CT molecular complexity index is 1200. The number of ether oxygens (including phenoxy) is 2. The molecule has 0 radical (unpaired) electrons. The number of aromatic amines is 1. The fourth-order valence-electron chi connectivity index (χ4n) is 3.97. The number of pyridine rings is 1. The molecule has 0 spiro atoms. The van der Waals surface area contributed by atoms with Crippen molar-refractivity contribution in [2.24, 2.45) is 0 Å². The summed E-state index contributed by atoms with van der Waals surface area (Å²) in [5.74, 6) is 1.47. The number of carboxylic acid groups (broad SMARTS) is 1. The van der Waals surface area contributed by atoms with E-state index in [4.69, 9.17) is 19.6 Å². The number of aromatic nitrogens is 4. The molecule has 1 fully saturated rings. The fourth-order valence-corrected chi connectivity index (χ4v) is 3.97. The summed E-state index contributed by atoms with van der Waals surface area (Å²) in [5.41, 5.74) is 3.82. The maximum Gasteiger partial charge on any atom is 0.506 e. The van der Waals surface area contributed by atoms with Crippen molar-refractivity contribution in [3.63, 3.8) is 0 Å². The molecule has 1 aromatic carbocycles. The summed E-state index contributed by atoms with van der Waals surface area (Å²) in [6, 6.07) is 13.6. The van der Waals surface area contributed by atoms with Crippen LogP contribution in [0, 0.1) is 0 Å². The Morgan fingerprint density at radius 3 is 2.56 bits per heavy atom. The number of nitrogens with one attached hydrogen (secondary N) is 1. The Labute approximate surface area is 184 Å². The highest BCUT2D eigenvalue weighted by Gasteiger charge is 2.22. The first kappa shape index (κ1) is 20.1. The van der Waals surface area contributed by atoms with Crippen LogP contribution < -0.4 is 4.74 Å². The first-order valence-electron chi connectivity index (χ1n) is 10.5. The van der Waals surface area contributed by atoms with Crippen LogP contribution >= 0.6 is 0 Å². The quantitative estimate of drug-likeness (QED) is 0.440. The number of hydrogen-bond donors (Lipinski definition) is 2. The summed E-state index contributed by atoms with van der Waals surface area (Å²) in [7, 11) is 0. The van der Waals surface area contributed by atoms with Crippen LogP contribution in [-0.4, -0.2) is 54.9 Å². The van der Waals surface area contributed by atoms with E-state index in [-0.39, 0.29) is 6.10 Å². The maximum atomic E-state index is 10.7. The number of carbonyl (C=O) groups is 1. The molecule has 1 aliphatic heterocycles. The number of piperidine rings is 1. The van der Waals surface area contributed by atoms with Gasteiger partial charge >= 0.3 is 6.16 Å². The van der Waals surface area contributed by atoms with Crippen LogP contribution in [0.1, 0.15) is 18.5 Å². The minimum atomic E-state index is -1.20. The van der Waals surface area contributed by atoms with Crippen molar-refractivity contribution >= 4 is 11.8 Å². The zero-order valence-corrected chi connectivity index (χ0v) is 17.3. The van der Waals surface area contributed by atoms with Crippen LogP contribution in [0.2, 0.25) is 0 Å². The molecule has 4 aromatic rings. The van der Waals surface area contributed by atoms with Crippen LogP contribution in [0.15, 0.2) is 61.1 Å². The van der Waals surface area contributed by atoms with E-state index in [2.05, 4.69) is 15.1 Å². The van der Waals surface area contributed by atoms with E-state index in [1.165, 1.54) is 0 Å². The SMILES string of the molecule is O=C(O)OC1CCN(Cc2cn3cc(Oc4ccc(-c5ccn[nH]5)cc4)ccc3n2)CC1. The van der Waals surface area contributed by atoms with E-state index in [1.807, 2.05) is 59.3 Å². The third-order valence-corrected chi connectivity index (χ3v) is 5.56. The first-order valence-corrected chi connectivity index (χ1v) is 10.5. The van der Waals surface area contributed by atoms with Crippen LogP contribution in [-0.2, 0) is 11.3 Å². The fraction of sp³-hybridized carbons (Fsp3) is 0.261. The molecule has 2 N–H and O–H groups in total. The summed E-state index contributed by atoms with van der Waals surface area (Å²) in [5, 5.41) is 15.7. The lowest BCUT2D eigenvalue weighted by Crippen LogP contribution is -2.37. The predicted molar refractivity (Wildman–Crippen MR) is 117 cm³/mol. The molecule has 1 saturated heterocycles. The molecule has 4 heterocycles. The summed E-state index contributed by atoms with van der Waals surface area (Å²) < 4.78 is 12.9. The van der Waals surface area contributed by atoms with Crippen LogP contribution in [0.5, 0.6) is 11.5 Å². The largest absolute Gasteiger partial charge is 0.506 e. The predicted octanol–water partition coefficient (Wildman–Crippen LogP) is 4.18. The smallest absolute Gasteiger partial charge is 0.456 e. The Morgan fingerprint density at radius 2 is 1.84 bits per heavy atom. The molecule has 9 heteroatoms. The van der Waals surface area contributed by atoms with Gasteiger partial charge < -0.3 is 19.0 Å². The lowest BCUT2D eigenvalue weighted by molar-refractivity contribution is 0.0184. The molecule has 164 valence electrons. The molecule has 0 saturated carbocycles. The van der Waals surface area contributed by atoms with Crippen molar-refractivity contribution in [3.8, 4) is 22.8 Å². The second kappa shape index (κ2) is 8.72. The molecule has 3 aromatic heterocycles. The highest BCUT2D eigenvalue weighted by atomic mass is 16.7. The third kappa shape index (κ3) is 4.57. The number of nitrogens with zero attached hydrogens (tertiary/aromatic N) is 4. The molecule has 5 rings (SSSR count). The van der Waals surface area contributed by atoms with E-state index in [9.17, 15) is 4.79 Å². The number of rotatable bonds is 6. The molecule has 0 aliphatic carbocycles. The van der Waals surface area contributed by atoms with Crippen LogP contribution in [0.25, 0.3) is 16.9 Å². The van der Waals surface area contributed by atoms with Gasteiger partial charge in [-0.05, 0) is 60.9 Å². The van der Waals surface area contributed by atoms with E-state index in [1.54, 1.807) is 6.20 Å². The van der Waals surface area contributed by atoms with Gasteiger partial charge in [-0.15, -0.1) is 0 Å². The zero-order valence-electron chi connectivity index (χ0n) is 17.3. The molecule has 0 atom stereocenters. The highest BCUT2D eigenvalue weighted by Crippen LogP contribution is 2.25. The third-order valence-electron chi connectivity index (χ3n) is 5.56.